The van der Waals surface area contributed by atoms with Gasteiger partial charge in [-0.05, 0) is 48.9 Å². The highest BCUT2D eigenvalue weighted by Gasteiger charge is 2.05. The minimum atomic E-state index is -0.320. The van der Waals surface area contributed by atoms with Gasteiger partial charge in [0, 0.05) is 10.0 Å². The standard InChI is InChI=1S/C15H13BrN2O2/c1-10(12-3-2-4-13(16)9-12)17-18-15(20)11-5-7-14(19)8-6-11/h2-9,19H,1H3,(H,18,20)/b17-10-. The third kappa shape index (κ3) is 3.68. The highest BCUT2D eigenvalue weighted by Crippen LogP contribution is 2.12. The Labute approximate surface area is 125 Å². The van der Waals surface area contributed by atoms with E-state index in [0.717, 1.165) is 10.0 Å². The zero-order valence-electron chi connectivity index (χ0n) is 10.8. The molecular formula is C15H13BrN2O2. The van der Waals surface area contributed by atoms with E-state index in [-0.39, 0.29) is 11.7 Å². The highest BCUT2D eigenvalue weighted by molar-refractivity contribution is 9.10. The van der Waals surface area contributed by atoms with E-state index in [2.05, 4.69) is 26.5 Å². The summed E-state index contributed by atoms with van der Waals surface area (Å²) in [5.41, 5.74) is 4.56. The van der Waals surface area contributed by atoms with Gasteiger partial charge in [-0.3, -0.25) is 4.79 Å². The van der Waals surface area contributed by atoms with Crippen molar-refractivity contribution in [2.45, 2.75) is 6.92 Å². The molecule has 0 radical (unpaired) electrons. The highest BCUT2D eigenvalue weighted by atomic mass is 79.9. The molecule has 0 bridgehead atoms. The summed E-state index contributed by atoms with van der Waals surface area (Å²) in [4.78, 5) is 11.8. The van der Waals surface area contributed by atoms with Gasteiger partial charge in [-0.25, -0.2) is 5.43 Å². The Morgan fingerprint density at radius 2 is 1.85 bits per heavy atom. The molecule has 4 nitrogen and oxygen atoms in total. The van der Waals surface area contributed by atoms with Crippen molar-refractivity contribution in [1.29, 1.82) is 0 Å². The summed E-state index contributed by atoms with van der Waals surface area (Å²) in [6, 6.07) is 13.6. The molecule has 2 aromatic rings. The number of carbonyl (C=O) groups is 1. The molecule has 0 aliphatic heterocycles. The first-order chi connectivity index (χ1) is 9.56. The number of benzene rings is 2. The molecule has 0 spiro atoms. The zero-order valence-corrected chi connectivity index (χ0v) is 12.4. The minimum absolute atomic E-state index is 0.121. The van der Waals surface area contributed by atoms with E-state index in [0.29, 0.717) is 11.3 Å². The van der Waals surface area contributed by atoms with Gasteiger partial charge in [-0.15, -0.1) is 0 Å². The van der Waals surface area contributed by atoms with Gasteiger partial charge in [0.15, 0.2) is 0 Å². The number of halogens is 1. The lowest BCUT2D eigenvalue weighted by Crippen LogP contribution is -2.19. The Balaban J connectivity index is 2.08. The van der Waals surface area contributed by atoms with Crippen molar-refractivity contribution in [2.24, 2.45) is 5.10 Å². The number of amides is 1. The van der Waals surface area contributed by atoms with Crippen LogP contribution in [0, 0.1) is 0 Å². The first-order valence-electron chi connectivity index (χ1n) is 5.96. The number of hydrogen-bond donors (Lipinski definition) is 2. The first-order valence-corrected chi connectivity index (χ1v) is 6.75. The minimum Gasteiger partial charge on any atom is -0.508 e. The van der Waals surface area contributed by atoms with Crippen molar-refractivity contribution in [3.8, 4) is 5.75 Å². The van der Waals surface area contributed by atoms with Crippen LogP contribution in [-0.4, -0.2) is 16.7 Å². The number of phenolic OH excluding ortho intramolecular Hbond substituents is 1. The maximum Gasteiger partial charge on any atom is 0.271 e. The Kier molecular flexibility index (Phi) is 4.53. The van der Waals surface area contributed by atoms with Gasteiger partial charge in [0.1, 0.15) is 5.75 Å². The summed E-state index contributed by atoms with van der Waals surface area (Å²) < 4.78 is 0.953. The second-order valence-electron chi connectivity index (χ2n) is 4.20. The molecule has 2 rings (SSSR count). The fourth-order valence-electron chi connectivity index (χ4n) is 1.59. The van der Waals surface area contributed by atoms with Crippen LogP contribution in [0.5, 0.6) is 5.75 Å². The van der Waals surface area contributed by atoms with Crippen LogP contribution in [0.15, 0.2) is 58.1 Å². The number of hydrazone groups is 1. The molecular weight excluding hydrogens is 320 g/mol. The van der Waals surface area contributed by atoms with Crippen LogP contribution in [0.4, 0.5) is 0 Å². The number of carbonyl (C=O) groups excluding carboxylic acids is 1. The molecule has 0 saturated carbocycles. The van der Waals surface area contributed by atoms with Gasteiger partial charge in [0.05, 0.1) is 5.71 Å². The Morgan fingerprint density at radius 1 is 1.15 bits per heavy atom. The molecule has 0 aliphatic rings. The van der Waals surface area contributed by atoms with Gasteiger partial charge in [0.25, 0.3) is 5.91 Å². The number of hydrogen-bond acceptors (Lipinski definition) is 3. The number of nitrogens with one attached hydrogen (secondary N) is 1. The van der Waals surface area contributed by atoms with E-state index in [1.807, 2.05) is 31.2 Å². The summed E-state index contributed by atoms with van der Waals surface area (Å²) in [6.07, 6.45) is 0. The Morgan fingerprint density at radius 3 is 2.50 bits per heavy atom. The number of rotatable bonds is 3. The second kappa shape index (κ2) is 6.34. The molecule has 0 heterocycles. The lowest BCUT2D eigenvalue weighted by molar-refractivity contribution is 0.0955. The van der Waals surface area contributed by atoms with Crippen LogP contribution < -0.4 is 5.43 Å². The molecule has 0 atom stereocenters. The summed E-state index contributed by atoms with van der Waals surface area (Å²) >= 11 is 3.39. The van der Waals surface area contributed by atoms with Crippen molar-refractivity contribution in [2.75, 3.05) is 0 Å². The second-order valence-corrected chi connectivity index (χ2v) is 5.11. The average Bonchev–Trinajstić information content (AvgIpc) is 2.45. The quantitative estimate of drug-likeness (QED) is 0.669. The smallest absolute Gasteiger partial charge is 0.271 e. The maximum absolute atomic E-state index is 11.8. The SMILES string of the molecule is C/C(=N/NC(=O)c1ccc(O)cc1)c1cccc(Br)c1. The molecule has 102 valence electrons. The normalized spacial score (nSPS) is 11.2. The predicted octanol–water partition coefficient (Wildman–Crippen LogP) is 3.31. The third-order valence-corrected chi connectivity index (χ3v) is 3.19. The summed E-state index contributed by atoms with van der Waals surface area (Å²) in [6.45, 7) is 1.82. The summed E-state index contributed by atoms with van der Waals surface area (Å²) in [5.74, 6) is -0.199. The topological polar surface area (TPSA) is 61.7 Å². The maximum atomic E-state index is 11.8. The van der Waals surface area contributed by atoms with Crippen LogP contribution in [0.1, 0.15) is 22.8 Å². The van der Waals surface area contributed by atoms with Crippen LogP contribution >= 0.6 is 15.9 Å². The molecule has 0 aliphatic carbocycles. The van der Waals surface area contributed by atoms with Gasteiger partial charge in [-0.1, -0.05) is 28.1 Å². The van der Waals surface area contributed by atoms with Gasteiger partial charge in [0.2, 0.25) is 0 Å². The molecule has 2 aromatic carbocycles. The van der Waals surface area contributed by atoms with Crippen molar-refractivity contribution >= 4 is 27.5 Å². The van der Waals surface area contributed by atoms with E-state index in [9.17, 15) is 4.79 Å². The van der Waals surface area contributed by atoms with Crippen molar-refractivity contribution in [3.63, 3.8) is 0 Å². The Hall–Kier alpha value is -2.14. The molecule has 0 unspecified atom stereocenters. The Bertz CT molecular complexity index is 651. The molecule has 0 aromatic heterocycles. The molecule has 1 amide bonds. The number of phenols is 1. The van der Waals surface area contributed by atoms with E-state index in [1.54, 1.807) is 0 Å². The molecule has 5 heteroatoms. The fraction of sp³-hybridized carbons (Fsp3) is 0.0667. The summed E-state index contributed by atoms with van der Waals surface area (Å²) in [7, 11) is 0. The zero-order chi connectivity index (χ0) is 14.5. The van der Waals surface area contributed by atoms with Crippen LogP contribution in [-0.2, 0) is 0 Å². The van der Waals surface area contributed by atoms with Crippen molar-refractivity contribution in [1.82, 2.24) is 5.43 Å². The molecule has 20 heavy (non-hydrogen) atoms. The molecule has 0 fully saturated rings. The monoisotopic (exact) mass is 332 g/mol. The average molecular weight is 333 g/mol. The van der Waals surface area contributed by atoms with Crippen LogP contribution in [0.2, 0.25) is 0 Å². The number of nitrogens with zero attached hydrogens (tertiary/aromatic N) is 1. The van der Waals surface area contributed by atoms with E-state index < -0.39 is 0 Å². The molecule has 0 saturated heterocycles. The fourth-order valence-corrected chi connectivity index (χ4v) is 1.99. The third-order valence-electron chi connectivity index (χ3n) is 2.70. The molecule has 2 N–H and O–H groups in total. The van der Waals surface area contributed by atoms with Gasteiger partial charge >= 0.3 is 0 Å². The van der Waals surface area contributed by atoms with Gasteiger partial charge < -0.3 is 5.11 Å². The largest absolute Gasteiger partial charge is 0.508 e. The lowest BCUT2D eigenvalue weighted by Gasteiger charge is -2.03. The van der Waals surface area contributed by atoms with Crippen molar-refractivity contribution < 1.29 is 9.90 Å². The van der Waals surface area contributed by atoms with E-state index in [4.69, 9.17) is 5.11 Å². The van der Waals surface area contributed by atoms with Crippen LogP contribution in [0.25, 0.3) is 0 Å². The van der Waals surface area contributed by atoms with E-state index >= 15 is 0 Å². The summed E-state index contributed by atoms with van der Waals surface area (Å²) in [5, 5.41) is 13.2. The van der Waals surface area contributed by atoms with Crippen molar-refractivity contribution in [3.05, 3.63) is 64.1 Å². The predicted molar refractivity (Wildman–Crippen MR) is 81.9 cm³/mol. The lowest BCUT2D eigenvalue weighted by atomic mass is 10.1. The number of aromatic hydroxyl groups is 1. The van der Waals surface area contributed by atoms with E-state index in [1.165, 1.54) is 24.3 Å². The van der Waals surface area contributed by atoms with Gasteiger partial charge in [-0.2, -0.15) is 5.10 Å². The first kappa shape index (κ1) is 14.3. The van der Waals surface area contributed by atoms with Crippen LogP contribution in [0.3, 0.4) is 0 Å².